The van der Waals surface area contributed by atoms with Crippen LogP contribution in [0.25, 0.3) is 0 Å². The number of benzene rings is 2. The van der Waals surface area contributed by atoms with E-state index in [2.05, 4.69) is 24.4 Å². The van der Waals surface area contributed by atoms with Crippen molar-refractivity contribution >= 4 is 11.6 Å². The van der Waals surface area contributed by atoms with Crippen LogP contribution in [-0.4, -0.2) is 6.54 Å². The molecule has 0 heterocycles. The fourth-order valence-corrected chi connectivity index (χ4v) is 2.07. The second-order valence-electron chi connectivity index (χ2n) is 4.86. The third kappa shape index (κ3) is 5.03. The maximum Gasteiger partial charge on any atom is 0.142 e. The summed E-state index contributed by atoms with van der Waals surface area (Å²) in [4.78, 5) is 0. The summed E-state index contributed by atoms with van der Waals surface area (Å²) in [5, 5.41) is 3.43. The van der Waals surface area contributed by atoms with Crippen LogP contribution in [-0.2, 0) is 13.2 Å². The Morgan fingerprint density at radius 2 is 1.81 bits per heavy atom. The van der Waals surface area contributed by atoms with Gasteiger partial charge < -0.3 is 10.1 Å². The summed E-state index contributed by atoms with van der Waals surface area (Å²) in [5.74, 6) is 0.128. The van der Waals surface area contributed by atoms with Gasteiger partial charge in [0.2, 0.25) is 0 Å². The van der Waals surface area contributed by atoms with E-state index in [1.165, 1.54) is 17.7 Å². The van der Waals surface area contributed by atoms with Gasteiger partial charge in [0.25, 0.3) is 0 Å². The first-order chi connectivity index (χ1) is 10.2. The van der Waals surface area contributed by atoms with Crippen LogP contribution in [0.4, 0.5) is 4.39 Å². The molecule has 2 nitrogen and oxygen atoms in total. The Kier molecular flexibility index (Phi) is 6.03. The van der Waals surface area contributed by atoms with E-state index >= 15 is 0 Å². The lowest BCUT2D eigenvalue weighted by Gasteiger charge is -2.08. The van der Waals surface area contributed by atoms with Gasteiger partial charge in [0.1, 0.15) is 18.2 Å². The Bertz CT molecular complexity index is 572. The third-order valence-corrected chi connectivity index (χ3v) is 3.37. The van der Waals surface area contributed by atoms with Crippen LogP contribution < -0.4 is 10.1 Å². The summed E-state index contributed by atoms with van der Waals surface area (Å²) >= 11 is 5.71. The van der Waals surface area contributed by atoms with E-state index in [0.717, 1.165) is 25.1 Å². The van der Waals surface area contributed by atoms with Crippen molar-refractivity contribution in [1.29, 1.82) is 0 Å². The van der Waals surface area contributed by atoms with Crippen molar-refractivity contribution in [2.45, 2.75) is 26.5 Å². The van der Waals surface area contributed by atoms with Gasteiger partial charge in [-0.2, -0.15) is 0 Å². The van der Waals surface area contributed by atoms with Crippen molar-refractivity contribution in [1.82, 2.24) is 5.32 Å². The maximum absolute atomic E-state index is 13.0. The molecule has 0 bridgehead atoms. The molecule has 0 aromatic heterocycles. The molecule has 0 saturated heterocycles. The first kappa shape index (κ1) is 15.8. The fraction of sp³-hybridized carbons (Fsp3) is 0.294. The largest absolute Gasteiger partial charge is 0.489 e. The average molecular weight is 308 g/mol. The highest BCUT2D eigenvalue weighted by Crippen LogP contribution is 2.21. The van der Waals surface area contributed by atoms with Crippen LogP contribution in [0.3, 0.4) is 0 Å². The number of ether oxygens (including phenoxy) is 1. The summed E-state index contributed by atoms with van der Waals surface area (Å²) in [5.41, 5.74) is 2.31. The SMILES string of the molecule is CCCNCc1ccc(COc2ccc(F)c(Cl)c2)cc1. The molecular weight excluding hydrogens is 289 g/mol. The highest BCUT2D eigenvalue weighted by Gasteiger charge is 2.02. The predicted octanol–water partition coefficient (Wildman–Crippen LogP) is 4.56. The van der Waals surface area contributed by atoms with Crippen molar-refractivity contribution in [2.75, 3.05) is 6.54 Å². The molecule has 0 spiro atoms. The molecule has 0 atom stereocenters. The molecule has 0 fully saturated rings. The fourth-order valence-electron chi connectivity index (χ4n) is 1.90. The maximum atomic E-state index is 13.0. The van der Waals surface area contributed by atoms with E-state index in [4.69, 9.17) is 16.3 Å². The van der Waals surface area contributed by atoms with Crippen LogP contribution in [0.15, 0.2) is 42.5 Å². The monoisotopic (exact) mass is 307 g/mol. The zero-order chi connectivity index (χ0) is 15.1. The van der Waals surface area contributed by atoms with Crippen molar-refractivity contribution in [3.63, 3.8) is 0 Å². The van der Waals surface area contributed by atoms with Gasteiger partial charge in [-0.1, -0.05) is 42.8 Å². The molecule has 2 aromatic rings. The first-order valence-corrected chi connectivity index (χ1v) is 7.43. The van der Waals surface area contributed by atoms with Gasteiger partial charge in [0.05, 0.1) is 5.02 Å². The van der Waals surface area contributed by atoms with Crippen LogP contribution >= 0.6 is 11.6 Å². The molecule has 0 radical (unpaired) electrons. The highest BCUT2D eigenvalue weighted by molar-refractivity contribution is 6.30. The van der Waals surface area contributed by atoms with E-state index in [1.54, 1.807) is 6.07 Å². The lowest BCUT2D eigenvalue weighted by atomic mass is 10.1. The van der Waals surface area contributed by atoms with Crippen LogP contribution in [0.2, 0.25) is 5.02 Å². The van der Waals surface area contributed by atoms with Gasteiger partial charge in [0, 0.05) is 12.6 Å². The number of nitrogens with one attached hydrogen (secondary N) is 1. The molecular formula is C17H19ClFNO. The summed E-state index contributed by atoms with van der Waals surface area (Å²) in [6.07, 6.45) is 1.13. The van der Waals surface area contributed by atoms with Crippen molar-refractivity contribution in [3.8, 4) is 5.75 Å². The smallest absolute Gasteiger partial charge is 0.142 e. The molecule has 2 aromatic carbocycles. The zero-order valence-electron chi connectivity index (χ0n) is 12.0. The number of halogens is 2. The summed E-state index contributed by atoms with van der Waals surface area (Å²) in [6.45, 7) is 4.48. The molecule has 112 valence electrons. The summed E-state index contributed by atoms with van der Waals surface area (Å²) in [7, 11) is 0. The van der Waals surface area contributed by atoms with E-state index in [0.29, 0.717) is 12.4 Å². The topological polar surface area (TPSA) is 21.3 Å². The minimum Gasteiger partial charge on any atom is -0.489 e. The van der Waals surface area contributed by atoms with Gasteiger partial charge >= 0.3 is 0 Å². The molecule has 0 aliphatic rings. The Morgan fingerprint density at radius 1 is 1.10 bits per heavy atom. The van der Waals surface area contributed by atoms with Crippen molar-refractivity contribution < 1.29 is 9.13 Å². The quantitative estimate of drug-likeness (QED) is 0.757. The Balaban J connectivity index is 1.86. The third-order valence-electron chi connectivity index (χ3n) is 3.08. The number of hydrogen-bond acceptors (Lipinski definition) is 2. The van der Waals surface area contributed by atoms with E-state index in [1.807, 2.05) is 12.1 Å². The van der Waals surface area contributed by atoms with Gasteiger partial charge in [-0.05, 0) is 36.2 Å². The molecule has 0 amide bonds. The molecule has 1 N–H and O–H groups in total. The second-order valence-corrected chi connectivity index (χ2v) is 5.27. The number of hydrogen-bond donors (Lipinski definition) is 1. The van der Waals surface area contributed by atoms with E-state index in [-0.39, 0.29) is 5.02 Å². The van der Waals surface area contributed by atoms with Gasteiger partial charge in [0.15, 0.2) is 0 Å². The van der Waals surface area contributed by atoms with Crippen LogP contribution in [0.1, 0.15) is 24.5 Å². The lowest BCUT2D eigenvalue weighted by molar-refractivity contribution is 0.305. The highest BCUT2D eigenvalue weighted by atomic mass is 35.5. The van der Waals surface area contributed by atoms with Crippen LogP contribution in [0.5, 0.6) is 5.75 Å². The summed E-state index contributed by atoms with van der Waals surface area (Å²) < 4.78 is 18.6. The molecule has 2 rings (SSSR count). The molecule has 4 heteroatoms. The van der Waals surface area contributed by atoms with Crippen molar-refractivity contribution in [3.05, 3.63) is 64.4 Å². The van der Waals surface area contributed by atoms with Gasteiger partial charge in [-0.15, -0.1) is 0 Å². The second kappa shape index (κ2) is 8.01. The standard InChI is InChI=1S/C17H19ClFNO/c1-2-9-20-11-13-3-5-14(6-4-13)12-21-15-7-8-17(19)16(18)10-15/h3-8,10,20H,2,9,11-12H2,1H3. The normalized spacial score (nSPS) is 10.6. The Labute approximate surface area is 129 Å². The molecule has 0 saturated carbocycles. The van der Waals surface area contributed by atoms with Gasteiger partial charge in [-0.25, -0.2) is 4.39 Å². The molecule has 0 unspecified atom stereocenters. The molecule has 21 heavy (non-hydrogen) atoms. The molecule has 0 aliphatic heterocycles. The molecule has 0 aliphatic carbocycles. The van der Waals surface area contributed by atoms with Gasteiger partial charge in [-0.3, -0.25) is 0 Å². The minimum atomic E-state index is -0.437. The zero-order valence-corrected chi connectivity index (χ0v) is 12.8. The Morgan fingerprint density at radius 3 is 2.48 bits per heavy atom. The minimum absolute atomic E-state index is 0.0739. The van der Waals surface area contributed by atoms with Crippen molar-refractivity contribution in [2.24, 2.45) is 0 Å². The first-order valence-electron chi connectivity index (χ1n) is 7.05. The predicted molar refractivity (Wildman–Crippen MR) is 84.2 cm³/mol. The van der Waals surface area contributed by atoms with E-state index in [9.17, 15) is 4.39 Å². The van der Waals surface area contributed by atoms with E-state index < -0.39 is 5.82 Å². The average Bonchev–Trinajstić information content (AvgIpc) is 2.50. The Hall–Kier alpha value is -1.58. The van der Waals surface area contributed by atoms with Crippen LogP contribution in [0, 0.1) is 5.82 Å². The summed E-state index contributed by atoms with van der Waals surface area (Å²) in [6, 6.07) is 12.6. The number of rotatable bonds is 7. The lowest BCUT2D eigenvalue weighted by Crippen LogP contribution is -2.13.